The van der Waals surface area contributed by atoms with Crippen molar-refractivity contribution in [2.45, 2.75) is 40.0 Å². The fourth-order valence-electron chi connectivity index (χ4n) is 2.74. The highest BCUT2D eigenvalue weighted by atomic mass is 32.1. The first-order valence-corrected chi connectivity index (χ1v) is 9.97. The number of aromatic nitrogens is 1. The first kappa shape index (κ1) is 20.1. The highest BCUT2D eigenvalue weighted by Crippen LogP contribution is 2.21. The van der Waals surface area contributed by atoms with E-state index in [9.17, 15) is 9.59 Å². The average molecular weight is 374 g/mol. The summed E-state index contributed by atoms with van der Waals surface area (Å²) in [5.41, 5.74) is 3.01. The molecule has 0 saturated heterocycles. The monoisotopic (exact) mass is 373 g/mol. The van der Waals surface area contributed by atoms with Crippen LogP contribution in [0.5, 0.6) is 0 Å². The molecule has 140 valence electrons. The van der Waals surface area contributed by atoms with Gasteiger partial charge >= 0.3 is 0 Å². The molecule has 0 bridgehead atoms. The second kappa shape index (κ2) is 10.1. The second-order valence-electron chi connectivity index (χ2n) is 6.14. The van der Waals surface area contributed by atoms with Crippen LogP contribution < -0.4 is 5.32 Å². The van der Waals surface area contributed by atoms with E-state index < -0.39 is 0 Å². The molecule has 0 saturated carbocycles. The largest absolute Gasteiger partial charge is 0.356 e. The Morgan fingerprint density at radius 1 is 1.15 bits per heavy atom. The summed E-state index contributed by atoms with van der Waals surface area (Å²) < 4.78 is 0. The van der Waals surface area contributed by atoms with Crippen LogP contribution in [0.25, 0.3) is 11.3 Å². The fourth-order valence-corrected chi connectivity index (χ4v) is 3.36. The normalized spacial score (nSPS) is 10.6. The van der Waals surface area contributed by atoms with Crippen LogP contribution in [0.4, 0.5) is 0 Å². The molecule has 1 aromatic carbocycles. The molecule has 0 aliphatic carbocycles. The van der Waals surface area contributed by atoms with Crippen LogP contribution in [0.1, 0.15) is 37.3 Å². The van der Waals surface area contributed by atoms with Gasteiger partial charge in [-0.05, 0) is 32.8 Å². The number of hydrogen-bond acceptors (Lipinski definition) is 4. The Bertz CT molecular complexity index is 721. The minimum absolute atomic E-state index is 0.0162. The van der Waals surface area contributed by atoms with Crippen LogP contribution in [0, 0.1) is 6.92 Å². The molecule has 1 heterocycles. The Kier molecular flexibility index (Phi) is 7.78. The molecule has 0 unspecified atom stereocenters. The molecular weight excluding hydrogens is 346 g/mol. The van der Waals surface area contributed by atoms with Crippen molar-refractivity contribution in [1.29, 1.82) is 0 Å². The zero-order chi connectivity index (χ0) is 18.9. The molecule has 6 heteroatoms. The lowest BCUT2D eigenvalue weighted by Gasteiger charge is -2.18. The molecule has 1 N–H and O–H groups in total. The summed E-state index contributed by atoms with van der Waals surface area (Å²) in [7, 11) is 0. The molecule has 0 aliphatic rings. The summed E-state index contributed by atoms with van der Waals surface area (Å²) in [6, 6.07) is 7.93. The minimum Gasteiger partial charge on any atom is -0.356 e. The van der Waals surface area contributed by atoms with E-state index in [1.165, 1.54) is 0 Å². The molecule has 0 radical (unpaired) electrons. The summed E-state index contributed by atoms with van der Waals surface area (Å²) in [6.45, 7) is 7.94. The van der Waals surface area contributed by atoms with Crippen LogP contribution in [0.15, 0.2) is 29.6 Å². The topological polar surface area (TPSA) is 62.3 Å². The molecule has 2 aromatic rings. The standard InChI is InChI=1S/C20H27N3O2S/c1-4-23(5-2)20(25)7-6-12-21-19(24)13-16-8-10-17(11-9-16)18-14-26-15(3)22-18/h8-11,14H,4-7,12-13H2,1-3H3,(H,21,24). The van der Waals surface area contributed by atoms with Crippen molar-refractivity contribution in [2.75, 3.05) is 19.6 Å². The summed E-state index contributed by atoms with van der Waals surface area (Å²) in [5.74, 6) is 0.134. The number of amides is 2. The minimum atomic E-state index is -0.0162. The van der Waals surface area contributed by atoms with Crippen molar-refractivity contribution in [1.82, 2.24) is 15.2 Å². The van der Waals surface area contributed by atoms with E-state index in [1.54, 1.807) is 11.3 Å². The van der Waals surface area contributed by atoms with Crippen molar-refractivity contribution < 1.29 is 9.59 Å². The molecule has 0 fully saturated rings. The predicted octanol–water partition coefficient (Wildman–Crippen LogP) is 3.43. The zero-order valence-electron chi connectivity index (χ0n) is 15.7. The van der Waals surface area contributed by atoms with Gasteiger partial charge in [-0.2, -0.15) is 0 Å². The van der Waals surface area contributed by atoms with Gasteiger partial charge in [0, 0.05) is 37.0 Å². The first-order chi connectivity index (χ1) is 12.5. The molecule has 0 atom stereocenters. The lowest BCUT2D eigenvalue weighted by Crippen LogP contribution is -2.32. The number of rotatable bonds is 9. The van der Waals surface area contributed by atoms with Crippen LogP contribution in [0.3, 0.4) is 0 Å². The highest BCUT2D eigenvalue weighted by molar-refractivity contribution is 7.09. The van der Waals surface area contributed by atoms with Gasteiger partial charge in [0.05, 0.1) is 17.1 Å². The van der Waals surface area contributed by atoms with E-state index in [4.69, 9.17) is 0 Å². The smallest absolute Gasteiger partial charge is 0.224 e. The maximum atomic E-state index is 12.0. The average Bonchev–Trinajstić information content (AvgIpc) is 3.07. The Hall–Kier alpha value is -2.21. The molecule has 2 amide bonds. The van der Waals surface area contributed by atoms with Gasteiger partial charge in [0.15, 0.2) is 0 Å². The van der Waals surface area contributed by atoms with E-state index in [-0.39, 0.29) is 11.8 Å². The second-order valence-corrected chi connectivity index (χ2v) is 7.21. The quantitative estimate of drug-likeness (QED) is 0.685. The summed E-state index contributed by atoms with van der Waals surface area (Å²) in [6.07, 6.45) is 1.49. The number of carbonyl (C=O) groups is 2. The van der Waals surface area contributed by atoms with Gasteiger partial charge < -0.3 is 10.2 Å². The lowest BCUT2D eigenvalue weighted by molar-refractivity contribution is -0.131. The fraction of sp³-hybridized carbons (Fsp3) is 0.450. The van der Waals surface area contributed by atoms with E-state index in [0.717, 1.165) is 34.9 Å². The summed E-state index contributed by atoms with van der Waals surface area (Å²) in [4.78, 5) is 30.2. The summed E-state index contributed by atoms with van der Waals surface area (Å²) in [5, 5.41) is 5.97. The van der Waals surface area contributed by atoms with E-state index in [0.29, 0.717) is 25.8 Å². The maximum absolute atomic E-state index is 12.0. The first-order valence-electron chi connectivity index (χ1n) is 9.09. The van der Waals surface area contributed by atoms with Gasteiger partial charge in [-0.25, -0.2) is 4.98 Å². The third-order valence-corrected chi connectivity index (χ3v) is 5.01. The molecule has 26 heavy (non-hydrogen) atoms. The molecule has 5 nitrogen and oxygen atoms in total. The van der Waals surface area contributed by atoms with E-state index >= 15 is 0 Å². The van der Waals surface area contributed by atoms with E-state index in [2.05, 4.69) is 10.3 Å². The number of thiazole rings is 1. The lowest BCUT2D eigenvalue weighted by atomic mass is 10.1. The van der Waals surface area contributed by atoms with Gasteiger partial charge in [-0.1, -0.05) is 24.3 Å². The Balaban J connectivity index is 1.73. The Morgan fingerprint density at radius 2 is 1.85 bits per heavy atom. The molecule has 2 rings (SSSR count). The van der Waals surface area contributed by atoms with E-state index in [1.807, 2.05) is 55.3 Å². The number of carbonyl (C=O) groups excluding carboxylic acids is 2. The predicted molar refractivity (Wildman–Crippen MR) is 106 cm³/mol. The van der Waals surface area contributed by atoms with Gasteiger partial charge in [-0.15, -0.1) is 11.3 Å². The number of nitrogens with one attached hydrogen (secondary N) is 1. The number of nitrogens with zero attached hydrogens (tertiary/aromatic N) is 2. The third-order valence-electron chi connectivity index (χ3n) is 4.24. The van der Waals surface area contributed by atoms with Gasteiger partial charge in [0.25, 0.3) is 0 Å². The van der Waals surface area contributed by atoms with Gasteiger partial charge in [0.2, 0.25) is 11.8 Å². The van der Waals surface area contributed by atoms with Crippen molar-refractivity contribution >= 4 is 23.2 Å². The van der Waals surface area contributed by atoms with Crippen molar-refractivity contribution in [2.24, 2.45) is 0 Å². The highest BCUT2D eigenvalue weighted by Gasteiger charge is 2.09. The van der Waals surface area contributed by atoms with Crippen molar-refractivity contribution in [3.05, 3.63) is 40.2 Å². The molecular formula is C20H27N3O2S. The van der Waals surface area contributed by atoms with Gasteiger partial charge in [0.1, 0.15) is 0 Å². The van der Waals surface area contributed by atoms with Crippen LogP contribution in [-0.2, 0) is 16.0 Å². The van der Waals surface area contributed by atoms with Crippen LogP contribution in [-0.4, -0.2) is 41.3 Å². The third kappa shape index (κ3) is 5.95. The van der Waals surface area contributed by atoms with Crippen LogP contribution >= 0.6 is 11.3 Å². The van der Waals surface area contributed by atoms with Crippen molar-refractivity contribution in [3.63, 3.8) is 0 Å². The molecule has 0 aliphatic heterocycles. The van der Waals surface area contributed by atoms with Crippen LogP contribution in [0.2, 0.25) is 0 Å². The molecule has 0 spiro atoms. The van der Waals surface area contributed by atoms with Gasteiger partial charge in [-0.3, -0.25) is 9.59 Å². The number of hydrogen-bond donors (Lipinski definition) is 1. The maximum Gasteiger partial charge on any atom is 0.224 e. The number of aryl methyl sites for hydroxylation is 1. The SMILES string of the molecule is CCN(CC)C(=O)CCCNC(=O)Cc1ccc(-c2csc(C)n2)cc1. The van der Waals surface area contributed by atoms with Crippen molar-refractivity contribution in [3.8, 4) is 11.3 Å². The zero-order valence-corrected chi connectivity index (χ0v) is 16.6. The number of benzene rings is 1. The Labute approximate surface area is 159 Å². The molecule has 1 aromatic heterocycles. The summed E-state index contributed by atoms with van der Waals surface area (Å²) >= 11 is 1.63. The Morgan fingerprint density at radius 3 is 2.42 bits per heavy atom.